The minimum absolute atomic E-state index is 0.0138. The Morgan fingerprint density at radius 3 is 2.74 bits per heavy atom. The first-order valence-corrected chi connectivity index (χ1v) is 5.36. The lowest BCUT2D eigenvalue weighted by atomic mass is 10.1. The monoisotopic (exact) mass is 255 g/mol. The molecule has 0 unspecified atom stereocenters. The van der Waals surface area contributed by atoms with Crippen molar-refractivity contribution in [2.45, 2.75) is 0 Å². The Morgan fingerprint density at radius 1 is 1.37 bits per heavy atom. The molecule has 0 bridgehead atoms. The molecule has 4 nitrogen and oxygen atoms in total. The van der Waals surface area contributed by atoms with Gasteiger partial charge in [0.15, 0.2) is 11.5 Å². The quantitative estimate of drug-likeness (QED) is 0.799. The summed E-state index contributed by atoms with van der Waals surface area (Å²) in [5.41, 5.74) is 11.4. The predicted molar refractivity (Wildman–Crippen MR) is 70.5 cm³/mol. The fourth-order valence-corrected chi connectivity index (χ4v) is 1.66. The summed E-state index contributed by atoms with van der Waals surface area (Å²) < 4.78 is 13.9. The molecule has 19 heavy (non-hydrogen) atoms. The van der Waals surface area contributed by atoms with Crippen molar-refractivity contribution < 1.29 is 9.18 Å². The van der Waals surface area contributed by atoms with Crippen LogP contribution in [0.2, 0.25) is 0 Å². The van der Waals surface area contributed by atoms with E-state index < -0.39 is 11.7 Å². The lowest BCUT2D eigenvalue weighted by Crippen LogP contribution is -2.16. The molecular formula is C14H10FN3O. The molecule has 0 fully saturated rings. The molecule has 94 valence electrons. The van der Waals surface area contributed by atoms with Crippen molar-refractivity contribution in [3.63, 3.8) is 0 Å². The van der Waals surface area contributed by atoms with Crippen LogP contribution in [-0.2, 0) is 0 Å². The second-order valence-electron chi connectivity index (χ2n) is 3.85. The van der Waals surface area contributed by atoms with Gasteiger partial charge < -0.3 is 11.5 Å². The maximum atomic E-state index is 13.9. The van der Waals surface area contributed by atoms with Gasteiger partial charge in [0, 0.05) is 17.2 Å². The zero-order valence-corrected chi connectivity index (χ0v) is 9.85. The highest BCUT2D eigenvalue weighted by Crippen LogP contribution is 2.24. The van der Waals surface area contributed by atoms with Crippen LogP contribution in [0.15, 0.2) is 30.3 Å². The van der Waals surface area contributed by atoms with Gasteiger partial charge in [0.2, 0.25) is 0 Å². The summed E-state index contributed by atoms with van der Waals surface area (Å²) >= 11 is 0. The Labute approximate surface area is 109 Å². The van der Waals surface area contributed by atoms with Crippen LogP contribution in [0.3, 0.4) is 0 Å². The molecule has 4 N–H and O–H groups in total. The topological polar surface area (TPSA) is 82.0 Å². The van der Waals surface area contributed by atoms with E-state index in [1.165, 1.54) is 0 Å². The zero-order chi connectivity index (χ0) is 14.0. The number of aromatic nitrogens is 1. The average molecular weight is 255 g/mol. The Bertz CT molecular complexity index is 704. The number of anilines is 1. The number of benzene rings is 1. The van der Waals surface area contributed by atoms with E-state index >= 15 is 0 Å². The molecular weight excluding hydrogens is 245 g/mol. The number of carbonyl (C=O) groups excluding carboxylic acids is 1. The van der Waals surface area contributed by atoms with Crippen molar-refractivity contribution in [3.8, 4) is 23.6 Å². The van der Waals surface area contributed by atoms with E-state index in [9.17, 15) is 9.18 Å². The second kappa shape index (κ2) is 4.78. The number of pyridine rings is 1. The molecule has 2 rings (SSSR count). The first kappa shape index (κ1) is 12.6. The van der Waals surface area contributed by atoms with E-state index in [4.69, 9.17) is 17.9 Å². The van der Waals surface area contributed by atoms with E-state index in [1.54, 1.807) is 24.3 Å². The summed E-state index contributed by atoms with van der Waals surface area (Å²) in [6, 6.07) is 7.62. The highest BCUT2D eigenvalue weighted by molar-refractivity contribution is 5.96. The number of primary amides is 1. The standard InChI is InChI=1S/C14H10FN3O/c1-2-8-4-3-5-9(6-8)12-10(15)7-11(16)13(18-12)14(17)19/h1,3-7H,16H2,(H2,17,19). The zero-order valence-electron chi connectivity index (χ0n) is 9.85. The number of halogens is 1. The molecule has 0 aliphatic rings. The van der Waals surface area contributed by atoms with Crippen LogP contribution in [0, 0.1) is 18.2 Å². The molecule has 2 aromatic rings. The van der Waals surface area contributed by atoms with Gasteiger partial charge in [-0.25, -0.2) is 9.37 Å². The molecule has 5 heteroatoms. The van der Waals surface area contributed by atoms with Gasteiger partial charge >= 0.3 is 0 Å². The van der Waals surface area contributed by atoms with Crippen molar-refractivity contribution in [1.82, 2.24) is 4.98 Å². The van der Waals surface area contributed by atoms with E-state index in [1.807, 2.05) is 0 Å². The van der Waals surface area contributed by atoms with Crippen LogP contribution in [0.1, 0.15) is 16.1 Å². The van der Waals surface area contributed by atoms with Crippen LogP contribution in [0.25, 0.3) is 11.3 Å². The van der Waals surface area contributed by atoms with Crippen LogP contribution < -0.4 is 11.5 Å². The number of nitrogens with two attached hydrogens (primary N) is 2. The minimum atomic E-state index is -0.813. The van der Waals surface area contributed by atoms with Gasteiger partial charge in [-0.15, -0.1) is 6.42 Å². The highest BCUT2D eigenvalue weighted by Gasteiger charge is 2.15. The lowest BCUT2D eigenvalue weighted by Gasteiger charge is -2.07. The van der Waals surface area contributed by atoms with Gasteiger partial charge in [-0.2, -0.15) is 0 Å². The van der Waals surface area contributed by atoms with Crippen molar-refractivity contribution in [2.75, 3.05) is 5.73 Å². The molecule has 0 atom stereocenters. The number of hydrogen-bond acceptors (Lipinski definition) is 3. The maximum absolute atomic E-state index is 13.9. The van der Waals surface area contributed by atoms with E-state index in [2.05, 4.69) is 10.9 Å². The third-order valence-corrected chi connectivity index (χ3v) is 2.54. The number of carbonyl (C=O) groups is 1. The SMILES string of the molecule is C#Cc1cccc(-c2nc(C(N)=O)c(N)cc2F)c1. The van der Waals surface area contributed by atoms with Gasteiger partial charge in [0.1, 0.15) is 5.69 Å². The Kier molecular flexibility index (Phi) is 3.17. The molecule has 0 saturated heterocycles. The number of amides is 1. The molecule has 0 aliphatic heterocycles. The van der Waals surface area contributed by atoms with Crippen molar-refractivity contribution in [1.29, 1.82) is 0 Å². The first-order valence-electron chi connectivity index (χ1n) is 5.36. The van der Waals surface area contributed by atoms with Crippen molar-refractivity contribution in [2.24, 2.45) is 5.73 Å². The van der Waals surface area contributed by atoms with Gasteiger partial charge in [0.05, 0.1) is 5.69 Å². The molecule has 1 amide bonds. The number of rotatable bonds is 2. The van der Waals surface area contributed by atoms with Gasteiger partial charge in [-0.3, -0.25) is 4.79 Å². The smallest absolute Gasteiger partial charge is 0.269 e. The summed E-state index contributed by atoms with van der Waals surface area (Å²) in [4.78, 5) is 15.0. The van der Waals surface area contributed by atoms with Gasteiger partial charge in [0.25, 0.3) is 5.91 Å². The Hall–Kier alpha value is -2.87. The lowest BCUT2D eigenvalue weighted by molar-refractivity contribution is 0.0996. The molecule has 0 spiro atoms. The van der Waals surface area contributed by atoms with E-state index in [0.717, 1.165) is 6.07 Å². The first-order chi connectivity index (χ1) is 9.02. The summed E-state index contributed by atoms with van der Waals surface area (Å²) in [5.74, 6) is 0.984. The normalized spacial score (nSPS) is 9.89. The van der Waals surface area contributed by atoms with Crippen LogP contribution >= 0.6 is 0 Å². The highest BCUT2D eigenvalue weighted by atomic mass is 19.1. The third kappa shape index (κ3) is 2.38. The van der Waals surface area contributed by atoms with Crippen LogP contribution in [-0.4, -0.2) is 10.9 Å². The molecule has 0 radical (unpaired) electrons. The number of hydrogen-bond donors (Lipinski definition) is 2. The van der Waals surface area contributed by atoms with Crippen LogP contribution in [0.4, 0.5) is 10.1 Å². The van der Waals surface area contributed by atoms with Crippen molar-refractivity contribution >= 4 is 11.6 Å². The third-order valence-electron chi connectivity index (χ3n) is 2.54. The summed E-state index contributed by atoms with van der Waals surface area (Å²) in [6.07, 6.45) is 5.28. The van der Waals surface area contributed by atoms with E-state index in [0.29, 0.717) is 11.1 Å². The molecule has 0 aliphatic carbocycles. The van der Waals surface area contributed by atoms with Gasteiger partial charge in [-0.05, 0) is 12.1 Å². The van der Waals surface area contributed by atoms with Crippen LogP contribution in [0.5, 0.6) is 0 Å². The number of nitrogen functional groups attached to an aromatic ring is 1. The fourth-order valence-electron chi connectivity index (χ4n) is 1.66. The largest absolute Gasteiger partial charge is 0.397 e. The Balaban J connectivity index is 2.65. The average Bonchev–Trinajstić information content (AvgIpc) is 2.38. The summed E-state index contributed by atoms with van der Waals surface area (Å²) in [6.45, 7) is 0. The molecule has 0 saturated carbocycles. The molecule has 1 heterocycles. The van der Waals surface area contributed by atoms with Crippen molar-refractivity contribution in [3.05, 3.63) is 47.4 Å². The number of terminal acetylenes is 1. The molecule has 1 aromatic heterocycles. The number of nitrogens with zero attached hydrogens (tertiary/aromatic N) is 1. The minimum Gasteiger partial charge on any atom is -0.397 e. The maximum Gasteiger partial charge on any atom is 0.269 e. The fraction of sp³-hybridized carbons (Fsp3) is 0. The summed E-state index contributed by atoms with van der Waals surface area (Å²) in [7, 11) is 0. The summed E-state index contributed by atoms with van der Waals surface area (Å²) in [5, 5.41) is 0. The molecule has 1 aromatic carbocycles. The van der Waals surface area contributed by atoms with Gasteiger partial charge in [-0.1, -0.05) is 18.1 Å². The predicted octanol–water partition coefficient (Wildman–Crippen LogP) is 1.55. The van der Waals surface area contributed by atoms with E-state index in [-0.39, 0.29) is 17.1 Å². The Morgan fingerprint density at radius 2 is 2.11 bits per heavy atom. The second-order valence-corrected chi connectivity index (χ2v) is 3.85.